The Bertz CT molecular complexity index is 1680. The second-order valence-electron chi connectivity index (χ2n) is 19.1. The zero-order chi connectivity index (χ0) is 54.5. The summed E-state index contributed by atoms with van der Waals surface area (Å²) in [5.74, 6) is -0.851. The van der Waals surface area contributed by atoms with Crippen molar-refractivity contribution in [3.8, 4) is 0 Å². The minimum absolute atomic E-state index is 0.0448. The Morgan fingerprint density at radius 3 is 1.03 bits per heavy atom. The van der Waals surface area contributed by atoms with Crippen molar-refractivity contribution in [1.82, 2.24) is 0 Å². The van der Waals surface area contributed by atoms with Crippen molar-refractivity contribution >= 4 is 19.8 Å². The molecule has 2 atom stereocenters. The zero-order valence-electron chi connectivity index (χ0n) is 47.5. The number of ether oxygens (including phenoxy) is 2. The first-order valence-corrected chi connectivity index (χ1v) is 31.2. The molecule has 0 bridgehead atoms. The van der Waals surface area contributed by atoms with Crippen LogP contribution in [0.1, 0.15) is 232 Å². The number of phosphoric ester groups is 1. The third-order valence-corrected chi connectivity index (χ3v) is 13.0. The molecule has 0 aliphatic rings. The van der Waals surface area contributed by atoms with Crippen molar-refractivity contribution < 1.29 is 37.6 Å². The van der Waals surface area contributed by atoms with Gasteiger partial charge in [-0.15, -0.1) is 0 Å². The third kappa shape index (κ3) is 59.3. The van der Waals surface area contributed by atoms with Crippen molar-refractivity contribution in [3.63, 3.8) is 0 Å². The maximum Gasteiger partial charge on any atom is 0.472 e. The maximum absolute atomic E-state index is 12.7. The molecule has 0 aromatic heterocycles. The monoisotopic (exact) mass is 1060 g/mol. The molecule has 426 valence electrons. The van der Waals surface area contributed by atoms with Gasteiger partial charge in [-0.3, -0.25) is 18.6 Å². The van der Waals surface area contributed by atoms with Crippen molar-refractivity contribution in [2.24, 2.45) is 5.73 Å². The summed E-state index contributed by atoms with van der Waals surface area (Å²) in [6.45, 7) is 3.49. The Balaban J connectivity index is 3.98. The lowest BCUT2D eigenvalue weighted by molar-refractivity contribution is -0.161. The van der Waals surface area contributed by atoms with Crippen LogP contribution in [0.25, 0.3) is 0 Å². The molecular weight excluding hydrogens is 954 g/mol. The van der Waals surface area contributed by atoms with Gasteiger partial charge in [0.1, 0.15) is 6.61 Å². The summed E-state index contributed by atoms with van der Waals surface area (Å²) in [7, 11) is -4.40. The van der Waals surface area contributed by atoms with Gasteiger partial charge in [0.2, 0.25) is 0 Å². The topological polar surface area (TPSA) is 134 Å². The van der Waals surface area contributed by atoms with Crippen molar-refractivity contribution in [3.05, 3.63) is 134 Å². The number of carbonyl (C=O) groups excluding carboxylic acids is 2. The van der Waals surface area contributed by atoms with Gasteiger partial charge in [-0.25, -0.2) is 4.57 Å². The highest BCUT2D eigenvalue weighted by atomic mass is 31.2. The van der Waals surface area contributed by atoms with Gasteiger partial charge in [0.05, 0.1) is 13.2 Å². The van der Waals surface area contributed by atoms with Crippen LogP contribution in [0, 0.1) is 0 Å². The Morgan fingerprint density at radius 1 is 0.400 bits per heavy atom. The largest absolute Gasteiger partial charge is 0.472 e. The smallest absolute Gasteiger partial charge is 0.462 e. The lowest BCUT2D eigenvalue weighted by Gasteiger charge is -2.19. The van der Waals surface area contributed by atoms with Crippen molar-refractivity contribution in [2.75, 3.05) is 26.4 Å². The number of allylic oxidation sites excluding steroid dienone is 22. The molecule has 0 rings (SSSR count). The van der Waals surface area contributed by atoms with Gasteiger partial charge in [-0.05, 0) is 109 Å². The highest BCUT2D eigenvalue weighted by Crippen LogP contribution is 2.43. The lowest BCUT2D eigenvalue weighted by Crippen LogP contribution is -2.29. The Kier molecular flexibility index (Phi) is 56.3. The third-order valence-electron chi connectivity index (χ3n) is 12.0. The molecule has 0 aromatic rings. The van der Waals surface area contributed by atoms with E-state index in [1.807, 2.05) is 0 Å². The van der Waals surface area contributed by atoms with E-state index in [0.717, 1.165) is 128 Å². The van der Waals surface area contributed by atoms with Crippen molar-refractivity contribution in [1.29, 1.82) is 0 Å². The predicted octanol–water partition coefficient (Wildman–Crippen LogP) is 19.0. The number of nitrogens with two attached hydrogens (primary N) is 1. The molecule has 0 heterocycles. The number of hydrogen-bond donors (Lipinski definition) is 2. The highest BCUT2D eigenvalue weighted by Gasteiger charge is 2.26. The van der Waals surface area contributed by atoms with E-state index in [4.69, 9.17) is 24.3 Å². The van der Waals surface area contributed by atoms with Gasteiger partial charge in [0.25, 0.3) is 0 Å². The quantitative estimate of drug-likeness (QED) is 0.0264. The van der Waals surface area contributed by atoms with Crippen molar-refractivity contribution in [2.45, 2.75) is 238 Å². The average Bonchev–Trinajstić information content (AvgIpc) is 3.40. The molecule has 0 saturated heterocycles. The van der Waals surface area contributed by atoms with Crippen LogP contribution in [0.15, 0.2) is 134 Å². The predicted molar refractivity (Wildman–Crippen MR) is 320 cm³/mol. The van der Waals surface area contributed by atoms with E-state index < -0.39 is 32.5 Å². The summed E-state index contributed by atoms with van der Waals surface area (Å²) < 4.78 is 33.0. The fourth-order valence-corrected chi connectivity index (χ4v) is 8.49. The van der Waals surface area contributed by atoms with Crippen LogP contribution < -0.4 is 5.73 Å². The van der Waals surface area contributed by atoms with Gasteiger partial charge in [-0.1, -0.05) is 244 Å². The SMILES string of the molecule is CC/C=C\C/C=C\C/C=C\C/C=C\C/C=C\C/C=C\C/C=C\CCCCCCCCCCCCCCCC(=O)OC(COC(=O)CCCCCCCC/C=C\C/C=C\C/C=C\C/C=C\CC)COP(=O)(O)OCCN. The molecule has 0 aliphatic carbocycles. The number of rotatable bonds is 54. The molecule has 75 heavy (non-hydrogen) atoms. The van der Waals surface area contributed by atoms with E-state index in [2.05, 4.69) is 148 Å². The van der Waals surface area contributed by atoms with Crippen LogP contribution in [0.4, 0.5) is 0 Å². The Hall–Kier alpha value is -3.85. The second-order valence-corrected chi connectivity index (χ2v) is 20.6. The van der Waals surface area contributed by atoms with Gasteiger partial charge in [0, 0.05) is 19.4 Å². The van der Waals surface area contributed by atoms with Crippen LogP contribution in [0.3, 0.4) is 0 Å². The van der Waals surface area contributed by atoms with E-state index >= 15 is 0 Å². The van der Waals surface area contributed by atoms with Crippen LogP contribution >= 0.6 is 7.82 Å². The summed E-state index contributed by atoms with van der Waals surface area (Å²) in [6, 6.07) is 0. The molecule has 0 aliphatic heterocycles. The van der Waals surface area contributed by atoms with E-state index in [-0.39, 0.29) is 32.6 Å². The number of carbonyl (C=O) groups is 2. The summed E-state index contributed by atoms with van der Waals surface area (Å²) in [6.07, 6.45) is 83.6. The van der Waals surface area contributed by atoms with Crippen LogP contribution in [0.2, 0.25) is 0 Å². The highest BCUT2D eigenvalue weighted by molar-refractivity contribution is 7.47. The molecule has 9 nitrogen and oxygen atoms in total. The summed E-state index contributed by atoms with van der Waals surface area (Å²) >= 11 is 0. The fourth-order valence-electron chi connectivity index (χ4n) is 7.72. The number of unbranched alkanes of at least 4 members (excludes halogenated alkanes) is 19. The molecule has 0 aromatic carbocycles. The molecule has 0 spiro atoms. The number of hydrogen-bond acceptors (Lipinski definition) is 8. The van der Waals surface area contributed by atoms with E-state index in [9.17, 15) is 19.0 Å². The molecule has 2 unspecified atom stereocenters. The zero-order valence-corrected chi connectivity index (χ0v) is 48.4. The van der Waals surface area contributed by atoms with E-state index in [1.165, 1.54) is 64.2 Å². The molecule has 3 N–H and O–H groups in total. The number of esters is 2. The van der Waals surface area contributed by atoms with Gasteiger partial charge in [0.15, 0.2) is 6.10 Å². The van der Waals surface area contributed by atoms with Gasteiger partial charge >= 0.3 is 19.8 Å². The molecule has 0 fully saturated rings. The molecule has 0 saturated carbocycles. The Morgan fingerprint density at radius 2 is 0.693 bits per heavy atom. The standard InChI is InChI=1S/C65H108NO8P/c1-3-5-7-9-11-13-15-17-19-21-23-24-25-26-27-28-29-30-31-32-33-34-35-36-37-38-40-42-44-46-48-50-52-54-56-58-65(68)74-63(62-73-75(69,70)72-60-59-66)61-71-64(67)57-55-53-51-49-47-45-43-41-39-22-20-18-16-14-12-10-8-6-4-2/h5-8,11-14,17-20,23-24,26-27,29-30,32-33,39,41,63H,3-4,9-10,15-16,21-22,25,28,31,34-38,40,42-62,66H2,1-2H3,(H,69,70)/b7-5-,8-6-,13-11-,14-12-,19-17-,20-18-,24-23-,27-26-,30-29-,33-32-,41-39-. The molecule has 10 heteroatoms. The first-order chi connectivity index (χ1) is 36.8. The fraction of sp³-hybridized carbons (Fsp3) is 0.631. The summed E-state index contributed by atoms with van der Waals surface area (Å²) in [5.41, 5.74) is 5.38. The molecule has 0 radical (unpaired) electrons. The summed E-state index contributed by atoms with van der Waals surface area (Å²) in [4.78, 5) is 35.2. The van der Waals surface area contributed by atoms with E-state index in [1.54, 1.807) is 0 Å². The first-order valence-electron chi connectivity index (χ1n) is 29.7. The molecular formula is C65H108NO8P. The minimum atomic E-state index is -4.40. The van der Waals surface area contributed by atoms with E-state index in [0.29, 0.717) is 12.8 Å². The van der Waals surface area contributed by atoms with Crippen LogP contribution in [-0.4, -0.2) is 49.3 Å². The lowest BCUT2D eigenvalue weighted by atomic mass is 10.0. The van der Waals surface area contributed by atoms with Gasteiger partial charge < -0.3 is 20.1 Å². The minimum Gasteiger partial charge on any atom is -0.462 e. The van der Waals surface area contributed by atoms with Crippen LogP contribution in [0.5, 0.6) is 0 Å². The average molecular weight is 1060 g/mol. The first kappa shape index (κ1) is 71.2. The van der Waals surface area contributed by atoms with Gasteiger partial charge in [-0.2, -0.15) is 0 Å². The number of phosphoric acid groups is 1. The maximum atomic E-state index is 12.7. The Labute approximate surface area is 459 Å². The summed E-state index contributed by atoms with van der Waals surface area (Å²) in [5, 5.41) is 0. The van der Waals surface area contributed by atoms with Crippen LogP contribution in [-0.2, 0) is 32.7 Å². The molecule has 0 amide bonds. The second kappa shape index (κ2) is 59.4. The normalized spacial score (nSPS) is 14.0.